The van der Waals surface area contributed by atoms with Crippen molar-refractivity contribution in [3.8, 4) is 6.07 Å². The van der Waals surface area contributed by atoms with Crippen LogP contribution in [-0.4, -0.2) is 38.7 Å². The number of benzene rings is 1. The second-order valence-corrected chi connectivity index (χ2v) is 7.26. The predicted molar refractivity (Wildman–Crippen MR) is 73.4 cm³/mol. The Morgan fingerprint density at radius 1 is 1.37 bits per heavy atom. The van der Waals surface area contributed by atoms with Crippen molar-refractivity contribution in [2.75, 3.05) is 25.4 Å². The second kappa shape index (κ2) is 5.72. The molecule has 0 aromatic heterocycles. The Balaban J connectivity index is 1.99. The molecule has 1 saturated heterocycles. The quantitative estimate of drug-likeness (QED) is 0.840. The van der Waals surface area contributed by atoms with Gasteiger partial charge in [0.15, 0.2) is 9.84 Å². The Hall–Kier alpha value is -1.38. The number of hydrogen-bond donors (Lipinski definition) is 0. The van der Waals surface area contributed by atoms with Crippen LogP contribution >= 0.6 is 0 Å². The Morgan fingerprint density at radius 3 is 2.58 bits per heavy atom. The van der Waals surface area contributed by atoms with Gasteiger partial charge in [0, 0.05) is 13.1 Å². The van der Waals surface area contributed by atoms with Crippen molar-refractivity contribution in [2.45, 2.75) is 18.2 Å². The molecule has 1 aliphatic heterocycles. The Kier molecular flexibility index (Phi) is 4.23. The molecule has 1 aromatic carbocycles. The van der Waals surface area contributed by atoms with Crippen LogP contribution in [0.15, 0.2) is 29.2 Å². The van der Waals surface area contributed by atoms with Gasteiger partial charge in [-0.25, -0.2) is 8.42 Å². The fraction of sp³-hybridized carbons (Fsp3) is 0.500. The molecular weight excluding hydrogens is 260 g/mol. The molecule has 0 amide bonds. The number of likely N-dealkylation sites (tertiary alicyclic amines) is 1. The largest absolute Gasteiger partial charge is 0.302 e. The second-order valence-electron chi connectivity index (χ2n) is 5.15. The van der Waals surface area contributed by atoms with Gasteiger partial charge in [0.05, 0.1) is 22.3 Å². The molecule has 1 aromatic rings. The lowest BCUT2D eigenvalue weighted by molar-refractivity contribution is 0.347. The molecule has 0 bridgehead atoms. The molecule has 1 atom stereocenters. The zero-order valence-electron chi connectivity index (χ0n) is 11.0. The van der Waals surface area contributed by atoms with Gasteiger partial charge < -0.3 is 4.90 Å². The van der Waals surface area contributed by atoms with Crippen molar-refractivity contribution in [2.24, 2.45) is 5.92 Å². The van der Waals surface area contributed by atoms with Crippen molar-refractivity contribution < 1.29 is 8.42 Å². The molecule has 102 valence electrons. The standard InChI is InChI=1S/C14H18N2O2S/c1-12-6-7-16(11-12)8-9-19(17,18)14-4-2-13(10-15)3-5-14/h2-5,12H,6-9,11H2,1H3. The van der Waals surface area contributed by atoms with Gasteiger partial charge in [0.2, 0.25) is 0 Å². The van der Waals surface area contributed by atoms with Crippen molar-refractivity contribution in [1.82, 2.24) is 4.90 Å². The monoisotopic (exact) mass is 278 g/mol. The maximum absolute atomic E-state index is 12.2. The van der Waals surface area contributed by atoms with Crippen LogP contribution in [0.1, 0.15) is 18.9 Å². The summed E-state index contributed by atoms with van der Waals surface area (Å²) < 4.78 is 24.3. The molecule has 5 heteroatoms. The van der Waals surface area contributed by atoms with E-state index in [1.54, 1.807) is 12.1 Å². The van der Waals surface area contributed by atoms with Crippen LogP contribution in [-0.2, 0) is 9.84 Å². The van der Waals surface area contributed by atoms with Crippen LogP contribution < -0.4 is 0 Å². The fourth-order valence-electron chi connectivity index (χ4n) is 2.33. The van der Waals surface area contributed by atoms with E-state index in [0.29, 0.717) is 22.9 Å². The van der Waals surface area contributed by atoms with Crippen molar-refractivity contribution in [1.29, 1.82) is 5.26 Å². The summed E-state index contributed by atoms with van der Waals surface area (Å²) >= 11 is 0. The van der Waals surface area contributed by atoms with E-state index >= 15 is 0 Å². The third-order valence-corrected chi connectivity index (χ3v) is 5.24. The summed E-state index contributed by atoms with van der Waals surface area (Å²) in [7, 11) is -3.24. The van der Waals surface area contributed by atoms with Gasteiger partial charge >= 0.3 is 0 Å². The zero-order chi connectivity index (χ0) is 13.9. The van der Waals surface area contributed by atoms with Crippen LogP contribution in [0.25, 0.3) is 0 Å². The van der Waals surface area contributed by atoms with Gasteiger partial charge in [-0.3, -0.25) is 0 Å². The Labute approximate surface area is 114 Å². The minimum Gasteiger partial charge on any atom is -0.302 e. The van der Waals surface area contributed by atoms with Gasteiger partial charge in [-0.1, -0.05) is 6.92 Å². The average molecular weight is 278 g/mol. The zero-order valence-corrected chi connectivity index (χ0v) is 11.9. The van der Waals surface area contributed by atoms with Gasteiger partial charge in [0.25, 0.3) is 0 Å². The highest BCUT2D eigenvalue weighted by atomic mass is 32.2. The van der Waals surface area contributed by atoms with E-state index in [4.69, 9.17) is 5.26 Å². The number of nitriles is 1. The number of hydrogen-bond acceptors (Lipinski definition) is 4. The molecule has 19 heavy (non-hydrogen) atoms. The summed E-state index contributed by atoms with van der Waals surface area (Å²) in [5.41, 5.74) is 0.479. The highest BCUT2D eigenvalue weighted by molar-refractivity contribution is 7.91. The molecule has 1 unspecified atom stereocenters. The lowest BCUT2D eigenvalue weighted by Crippen LogP contribution is -2.27. The van der Waals surface area contributed by atoms with Crippen molar-refractivity contribution in [3.05, 3.63) is 29.8 Å². The molecule has 0 radical (unpaired) electrons. The summed E-state index contributed by atoms with van der Waals surface area (Å²) in [4.78, 5) is 2.50. The van der Waals surface area contributed by atoms with Crippen LogP contribution in [0.3, 0.4) is 0 Å². The summed E-state index contributed by atoms with van der Waals surface area (Å²) in [6.07, 6.45) is 1.15. The lowest BCUT2D eigenvalue weighted by Gasteiger charge is -2.15. The van der Waals surface area contributed by atoms with Gasteiger partial charge in [0.1, 0.15) is 0 Å². The highest BCUT2D eigenvalue weighted by Gasteiger charge is 2.21. The minimum atomic E-state index is -3.24. The first-order valence-electron chi connectivity index (χ1n) is 6.46. The third-order valence-electron chi connectivity index (χ3n) is 3.53. The van der Waals surface area contributed by atoms with Crippen LogP contribution in [0, 0.1) is 17.2 Å². The summed E-state index contributed by atoms with van der Waals surface area (Å²) in [6, 6.07) is 8.11. The highest BCUT2D eigenvalue weighted by Crippen LogP contribution is 2.17. The molecular formula is C14H18N2O2S. The summed E-state index contributed by atoms with van der Waals surface area (Å²) in [6.45, 7) is 4.76. The van der Waals surface area contributed by atoms with E-state index in [0.717, 1.165) is 19.5 Å². The molecule has 1 aliphatic rings. The molecule has 0 N–H and O–H groups in total. The number of sulfone groups is 1. The van der Waals surface area contributed by atoms with Crippen LogP contribution in [0.5, 0.6) is 0 Å². The molecule has 4 nitrogen and oxygen atoms in total. The van der Waals surface area contributed by atoms with E-state index in [2.05, 4.69) is 11.8 Å². The predicted octanol–water partition coefficient (Wildman–Crippen LogP) is 1.67. The first kappa shape index (κ1) is 14.0. The maximum atomic E-state index is 12.2. The topological polar surface area (TPSA) is 61.2 Å². The summed E-state index contributed by atoms with van der Waals surface area (Å²) in [5.74, 6) is 0.809. The normalized spacial score (nSPS) is 20.3. The lowest BCUT2D eigenvalue weighted by atomic mass is 10.2. The van der Waals surface area contributed by atoms with Gasteiger partial charge in [-0.2, -0.15) is 5.26 Å². The number of rotatable bonds is 4. The maximum Gasteiger partial charge on any atom is 0.179 e. The van der Waals surface area contributed by atoms with E-state index in [1.807, 2.05) is 6.07 Å². The van der Waals surface area contributed by atoms with E-state index in [-0.39, 0.29) is 5.75 Å². The average Bonchev–Trinajstić information content (AvgIpc) is 2.82. The van der Waals surface area contributed by atoms with E-state index in [9.17, 15) is 8.42 Å². The van der Waals surface area contributed by atoms with Gasteiger partial charge in [-0.05, 0) is 43.1 Å². The van der Waals surface area contributed by atoms with Crippen molar-refractivity contribution >= 4 is 9.84 Å². The third kappa shape index (κ3) is 3.55. The minimum absolute atomic E-state index is 0.144. The SMILES string of the molecule is CC1CCN(CCS(=O)(=O)c2ccc(C#N)cc2)C1. The smallest absolute Gasteiger partial charge is 0.179 e. The molecule has 1 fully saturated rings. The first-order chi connectivity index (χ1) is 9.01. The molecule has 0 saturated carbocycles. The molecule has 2 rings (SSSR count). The first-order valence-corrected chi connectivity index (χ1v) is 8.12. The summed E-state index contributed by atoms with van der Waals surface area (Å²) in [5, 5.41) is 8.70. The van der Waals surface area contributed by atoms with E-state index < -0.39 is 9.84 Å². The Bertz CT molecular complexity index is 572. The molecule has 0 aliphatic carbocycles. The molecule has 1 heterocycles. The number of nitrogens with zero attached hydrogens (tertiary/aromatic N) is 2. The molecule has 0 spiro atoms. The van der Waals surface area contributed by atoms with Crippen LogP contribution in [0.2, 0.25) is 0 Å². The van der Waals surface area contributed by atoms with Crippen molar-refractivity contribution in [3.63, 3.8) is 0 Å². The van der Waals surface area contributed by atoms with Gasteiger partial charge in [-0.15, -0.1) is 0 Å². The van der Waals surface area contributed by atoms with E-state index in [1.165, 1.54) is 12.1 Å². The van der Waals surface area contributed by atoms with Crippen LogP contribution in [0.4, 0.5) is 0 Å². The Morgan fingerprint density at radius 2 is 2.05 bits per heavy atom. The fourth-order valence-corrected chi connectivity index (χ4v) is 3.62.